The van der Waals surface area contributed by atoms with Gasteiger partial charge in [-0.2, -0.15) is 0 Å². The van der Waals surface area contributed by atoms with Crippen molar-refractivity contribution in [2.24, 2.45) is 0 Å². The van der Waals surface area contributed by atoms with Gasteiger partial charge in [-0.1, -0.05) is 224 Å². The van der Waals surface area contributed by atoms with Crippen LogP contribution in [0.15, 0.2) is 382 Å². The lowest BCUT2D eigenvalue weighted by atomic mass is 9.65. The summed E-state index contributed by atoms with van der Waals surface area (Å²) in [7, 11) is 0. The maximum atomic E-state index is 2.54. The Bertz CT molecular complexity index is 5150. The predicted octanol–water partition coefficient (Wildman–Crippen LogP) is 24.7. The summed E-state index contributed by atoms with van der Waals surface area (Å²) >= 11 is 0. The molecule has 2 aliphatic rings. The van der Waals surface area contributed by atoms with E-state index in [1.54, 1.807) is 0 Å². The van der Waals surface area contributed by atoms with Crippen molar-refractivity contribution in [1.29, 1.82) is 0 Å². The first-order valence-electron chi connectivity index (χ1n) is 33.0. The molecule has 0 N–H and O–H groups in total. The summed E-state index contributed by atoms with van der Waals surface area (Å²) in [6.07, 6.45) is 0. The van der Waals surface area contributed by atoms with Crippen LogP contribution in [0.3, 0.4) is 0 Å². The zero-order chi connectivity index (χ0) is 63.5. The minimum Gasteiger partial charge on any atom is -0.311 e. The Balaban J connectivity index is 0.853. The van der Waals surface area contributed by atoms with Crippen LogP contribution in [0, 0.1) is 0 Å². The largest absolute Gasteiger partial charge is 0.311 e. The zero-order valence-electron chi connectivity index (χ0n) is 52.6. The summed E-state index contributed by atoms with van der Waals surface area (Å²) in [4.78, 5) is 9.55. The molecule has 96 heavy (non-hydrogen) atoms. The van der Waals surface area contributed by atoms with E-state index in [0.29, 0.717) is 0 Å². The van der Waals surface area contributed by atoms with Crippen LogP contribution in [-0.4, -0.2) is 4.57 Å². The van der Waals surface area contributed by atoms with Gasteiger partial charge in [-0.15, -0.1) is 0 Å². The Morgan fingerprint density at radius 1 is 0.198 bits per heavy atom. The minimum atomic E-state index is -0.797. The van der Waals surface area contributed by atoms with E-state index in [-0.39, 0.29) is 0 Å². The van der Waals surface area contributed by atoms with Crippen LogP contribution in [0.4, 0.5) is 68.2 Å². The van der Waals surface area contributed by atoms with Crippen molar-refractivity contribution in [3.63, 3.8) is 0 Å². The minimum absolute atomic E-state index is 0.797. The molecule has 0 bridgehead atoms. The molecular formula is C91H63N5. The van der Waals surface area contributed by atoms with Gasteiger partial charge in [-0.3, -0.25) is 0 Å². The average molecular weight is 1230 g/mol. The van der Waals surface area contributed by atoms with E-state index in [9.17, 15) is 0 Å². The average Bonchev–Trinajstić information content (AvgIpc) is 1.48. The molecule has 16 aromatic rings. The van der Waals surface area contributed by atoms with Gasteiger partial charge < -0.3 is 24.2 Å². The van der Waals surface area contributed by atoms with Crippen LogP contribution in [0.1, 0.15) is 22.3 Å². The summed E-state index contributed by atoms with van der Waals surface area (Å²) in [6.45, 7) is 0. The summed E-state index contributed by atoms with van der Waals surface area (Å²) in [5, 5.41) is 2.47. The molecule has 0 amide bonds. The van der Waals surface area contributed by atoms with Crippen molar-refractivity contribution in [2.45, 2.75) is 5.41 Å². The fourth-order valence-corrected chi connectivity index (χ4v) is 15.3. The number of rotatable bonds is 14. The lowest BCUT2D eigenvalue weighted by molar-refractivity contribution is 0.748. The number of hydrogen-bond acceptors (Lipinski definition) is 4. The van der Waals surface area contributed by atoms with Crippen molar-refractivity contribution < 1.29 is 0 Å². The van der Waals surface area contributed by atoms with Gasteiger partial charge in [0.25, 0.3) is 0 Å². The fourth-order valence-electron chi connectivity index (χ4n) is 15.3. The predicted molar refractivity (Wildman–Crippen MR) is 401 cm³/mol. The fraction of sp³-hybridized carbons (Fsp3) is 0.0110. The molecule has 1 aliphatic heterocycles. The molecule has 0 saturated heterocycles. The highest BCUT2D eigenvalue weighted by molar-refractivity contribution is 6.13. The van der Waals surface area contributed by atoms with E-state index < -0.39 is 5.41 Å². The third-order valence-electron chi connectivity index (χ3n) is 19.5. The molecule has 1 aromatic heterocycles. The molecule has 0 radical (unpaired) electrons. The summed E-state index contributed by atoms with van der Waals surface area (Å²) < 4.78 is 2.54. The van der Waals surface area contributed by atoms with E-state index in [1.165, 1.54) is 72.0 Å². The second-order valence-electron chi connectivity index (χ2n) is 24.8. The van der Waals surface area contributed by atoms with Gasteiger partial charge in [0.2, 0.25) is 0 Å². The first-order valence-corrected chi connectivity index (χ1v) is 33.0. The van der Waals surface area contributed by atoms with Crippen molar-refractivity contribution in [3.05, 3.63) is 404 Å². The molecule has 15 aromatic carbocycles. The van der Waals surface area contributed by atoms with Gasteiger partial charge >= 0.3 is 0 Å². The second kappa shape index (κ2) is 23.5. The van der Waals surface area contributed by atoms with Crippen LogP contribution in [0.5, 0.6) is 0 Å². The van der Waals surface area contributed by atoms with Gasteiger partial charge in [0, 0.05) is 79.0 Å². The van der Waals surface area contributed by atoms with E-state index in [4.69, 9.17) is 0 Å². The molecular weight excluding hydrogens is 1160 g/mol. The van der Waals surface area contributed by atoms with Crippen molar-refractivity contribution in [2.75, 3.05) is 19.6 Å². The lowest BCUT2D eigenvalue weighted by Crippen LogP contribution is -2.33. The maximum Gasteiger partial charge on any atom is 0.0756 e. The van der Waals surface area contributed by atoms with Crippen LogP contribution in [0.2, 0.25) is 0 Å². The summed E-state index contributed by atoms with van der Waals surface area (Å²) in [5.41, 5.74) is 27.6. The molecule has 1 aliphatic carbocycles. The summed E-state index contributed by atoms with van der Waals surface area (Å²) in [6, 6.07) is 140. The highest BCUT2D eigenvalue weighted by Crippen LogP contribution is 2.63. The Kier molecular flexibility index (Phi) is 13.7. The molecule has 1 spiro atoms. The third-order valence-corrected chi connectivity index (χ3v) is 19.5. The van der Waals surface area contributed by atoms with Gasteiger partial charge in [-0.25, -0.2) is 0 Å². The van der Waals surface area contributed by atoms with Gasteiger partial charge in [0.15, 0.2) is 0 Å². The number of fused-ring (bicyclic) bond motifs is 12. The number of nitrogens with zero attached hydrogens (tertiary/aromatic N) is 5. The number of benzene rings is 15. The van der Waals surface area contributed by atoms with Gasteiger partial charge in [0.05, 0.1) is 22.1 Å². The molecule has 0 saturated carbocycles. The van der Waals surface area contributed by atoms with Crippen LogP contribution >= 0.6 is 0 Å². The SMILES string of the molecule is c1ccc(-c2ccc(N(c3ccc(N(c4ccccc4)c4ccccc4)cc3)c3ccc4c(c3)C3(c5cc(N(c6ccc(-c7ccccc7)cc6)c6ccc(N(c7ccccc7)c7ccccc7)cc6)ccc5-4)c4ccccc4-n4c5ccccc5c5cccc3c54)cc2)cc1. The monoisotopic (exact) mass is 1230 g/mol. The van der Waals surface area contributed by atoms with E-state index in [0.717, 1.165) is 79.4 Å². The van der Waals surface area contributed by atoms with E-state index in [1.807, 2.05) is 0 Å². The Labute approximate surface area is 559 Å². The highest BCUT2D eigenvalue weighted by atomic mass is 15.2. The molecule has 18 rings (SSSR count). The van der Waals surface area contributed by atoms with Crippen molar-refractivity contribution in [3.8, 4) is 39.1 Å². The zero-order valence-corrected chi connectivity index (χ0v) is 52.6. The molecule has 2 heterocycles. The topological polar surface area (TPSA) is 17.9 Å². The lowest BCUT2D eigenvalue weighted by Gasteiger charge is -2.40. The van der Waals surface area contributed by atoms with Crippen LogP contribution < -0.4 is 19.6 Å². The Hall–Kier alpha value is -12.7. The number of anilines is 12. The van der Waals surface area contributed by atoms with Crippen molar-refractivity contribution in [1.82, 2.24) is 4.57 Å². The number of hydrogen-bond donors (Lipinski definition) is 0. The standard InChI is InChI=1S/C91H63N5/c1-7-24-64(25-8-1)66-42-46-72(47-43-66)94(76-54-50-74(51-55-76)92(68-28-11-3-12-29-68)69-30-13-4-14-31-69)78-58-60-80-81-61-59-79(63-87(81)91(86(80)62-78)84-38-20-22-41-89(84)96-88-40-21-19-36-82(88)83-37-23-39-85(91)90(83)96)95(73-48-44-67(45-49-73)65-26-9-2-10-27-65)77-56-52-75(53-57-77)93(70-32-15-5-16-33-70)71-34-17-6-18-35-71/h1-63H. The first kappa shape index (κ1) is 56.1. The molecule has 5 nitrogen and oxygen atoms in total. The van der Waals surface area contributed by atoms with Gasteiger partial charge in [-0.05, 0) is 213 Å². The van der Waals surface area contributed by atoms with E-state index in [2.05, 4.69) is 406 Å². The summed E-state index contributed by atoms with van der Waals surface area (Å²) in [5.74, 6) is 0. The smallest absolute Gasteiger partial charge is 0.0756 e. The normalized spacial score (nSPS) is 12.2. The molecule has 0 fully saturated rings. The van der Waals surface area contributed by atoms with Crippen LogP contribution in [0.25, 0.3) is 60.9 Å². The second-order valence-corrected chi connectivity index (χ2v) is 24.8. The number of aromatic nitrogens is 1. The van der Waals surface area contributed by atoms with Crippen molar-refractivity contribution >= 4 is 90.1 Å². The molecule has 0 unspecified atom stereocenters. The molecule has 5 heteroatoms. The number of para-hydroxylation sites is 7. The Morgan fingerprint density at radius 2 is 0.490 bits per heavy atom. The quantitative estimate of drug-likeness (QED) is 0.108. The highest BCUT2D eigenvalue weighted by Gasteiger charge is 2.51. The van der Waals surface area contributed by atoms with E-state index >= 15 is 0 Å². The first-order chi connectivity index (χ1) is 47.6. The van der Waals surface area contributed by atoms with Crippen LogP contribution in [-0.2, 0) is 5.41 Å². The third kappa shape index (κ3) is 9.31. The molecule has 452 valence electrons. The molecule has 0 atom stereocenters. The Morgan fingerprint density at radius 3 is 0.906 bits per heavy atom. The maximum absolute atomic E-state index is 2.54. The van der Waals surface area contributed by atoms with Gasteiger partial charge in [0.1, 0.15) is 0 Å².